The number of carbonyl (C=O) groups excluding carboxylic acids is 1. The quantitative estimate of drug-likeness (QED) is 0.297. The molecule has 31 heavy (non-hydrogen) atoms. The van der Waals surface area contributed by atoms with Gasteiger partial charge in [-0.3, -0.25) is 0 Å². The van der Waals surface area contributed by atoms with Crippen molar-refractivity contribution in [3.63, 3.8) is 0 Å². The van der Waals surface area contributed by atoms with E-state index in [0.717, 1.165) is 29.8 Å². The number of methoxy groups -OCH3 is 1. The first-order valence-corrected chi connectivity index (χ1v) is 11.1. The second-order valence-corrected chi connectivity index (χ2v) is 8.44. The molecular formula is C25H31N3O3. The Labute approximate surface area is 183 Å². The third kappa shape index (κ3) is 4.84. The summed E-state index contributed by atoms with van der Waals surface area (Å²) in [5, 5.41) is 3.59. The summed E-state index contributed by atoms with van der Waals surface area (Å²) >= 11 is 0. The van der Waals surface area contributed by atoms with Gasteiger partial charge in [-0.1, -0.05) is 49.4 Å². The summed E-state index contributed by atoms with van der Waals surface area (Å²) in [6, 6.07) is 12.6. The minimum atomic E-state index is -0.726. The van der Waals surface area contributed by atoms with Crippen LogP contribution in [-0.2, 0) is 11.3 Å². The van der Waals surface area contributed by atoms with E-state index in [9.17, 15) is 4.79 Å². The largest absolute Gasteiger partial charge is 0.513 e. The van der Waals surface area contributed by atoms with Crippen molar-refractivity contribution in [2.24, 2.45) is 0 Å². The highest BCUT2D eigenvalue weighted by atomic mass is 16.7. The number of ether oxygens (including phenoxy) is 2. The topological polar surface area (TPSA) is 65.4 Å². The number of aromatic nitrogens is 2. The molecule has 1 N–H and O–H groups in total. The van der Waals surface area contributed by atoms with Crippen LogP contribution in [0.5, 0.6) is 5.75 Å². The molecule has 0 bridgehead atoms. The molecule has 0 amide bonds. The van der Waals surface area contributed by atoms with Crippen LogP contribution in [0.1, 0.15) is 61.3 Å². The Morgan fingerprint density at radius 3 is 2.58 bits per heavy atom. The number of nitrogens with one attached hydrogen (secondary N) is 1. The Morgan fingerprint density at radius 1 is 1.10 bits per heavy atom. The molecule has 3 aromatic rings. The molecule has 1 aliphatic rings. The lowest BCUT2D eigenvalue weighted by Crippen LogP contribution is -2.13. The normalized spacial score (nSPS) is 14.9. The molecule has 1 saturated carbocycles. The van der Waals surface area contributed by atoms with E-state index in [-0.39, 0.29) is 0 Å². The SMILES string of the molecule is COC(=O)Oc1ccc2c(c1)nc(NCc1ccc(C)cc1C)n2C1CCCCCC1. The smallest absolute Gasteiger partial charge is 0.437 e. The van der Waals surface area contributed by atoms with Crippen molar-refractivity contribution in [2.75, 3.05) is 12.4 Å². The average Bonchev–Trinajstić information content (AvgIpc) is 2.91. The second kappa shape index (κ2) is 9.41. The summed E-state index contributed by atoms with van der Waals surface area (Å²) in [6.07, 6.45) is 6.66. The lowest BCUT2D eigenvalue weighted by molar-refractivity contribution is 0.121. The van der Waals surface area contributed by atoms with Crippen molar-refractivity contribution in [1.82, 2.24) is 9.55 Å². The number of rotatable bonds is 5. The molecule has 0 spiro atoms. The van der Waals surface area contributed by atoms with Gasteiger partial charge in [-0.25, -0.2) is 9.78 Å². The number of imidazole rings is 1. The Bertz CT molecular complexity index is 1070. The zero-order valence-corrected chi connectivity index (χ0v) is 18.6. The molecule has 6 nitrogen and oxygen atoms in total. The first kappa shape index (κ1) is 21.2. The van der Waals surface area contributed by atoms with Gasteiger partial charge in [0.2, 0.25) is 5.95 Å². The Kier molecular flexibility index (Phi) is 6.44. The van der Waals surface area contributed by atoms with Crippen LogP contribution in [-0.4, -0.2) is 22.8 Å². The van der Waals surface area contributed by atoms with E-state index in [2.05, 4.69) is 46.7 Å². The van der Waals surface area contributed by atoms with Crippen LogP contribution in [0.4, 0.5) is 10.7 Å². The fraction of sp³-hybridized carbons (Fsp3) is 0.440. The van der Waals surface area contributed by atoms with Gasteiger partial charge in [0.05, 0.1) is 18.1 Å². The first-order valence-electron chi connectivity index (χ1n) is 11.1. The number of benzene rings is 2. The third-order valence-electron chi connectivity index (χ3n) is 6.15. The van der Waals surface area contributed by atoms with Crippen LogP contribution in [0.15, 0.2) is 36.4 Å². The molecule has 1 aliphatic carbocycles. The zero-order chi connectivity index (χ0) is 21.8. The molecule has 164 valence electrons. The van der Waals surface area contributed by atoms with Crippen LogP contribution < -0.4 is 10.1 Å². The van der Waals surface area contributed by atoms with Crippen LogP contribution in [0.25, 0.3) is 11.0 Å². The van der Waals surface area contributed by atoms with E-state index in [1.54, 1.807) is 0 Å². The highest BCUT2D eigenvalue weighted by Gasteiger charge is 2.21. The predicted molar refractivity (Wildman–Crippen MR) is 123 cm³/mol. The number of aryl methyl sites for hydroxylation is 2. The Hall–Kier alpha value is -3.02. The number of fused-ring (bicyclic) bond motifs is 1. The van der Waals surface area contributed by atoms with Crippen molar-refractivity contribution in [2.45, 2.75) is 65.0 Å². The summed E-state index contributed by atoms with van der Waals surface area (Å²) in [5.41, 5.74) is 5.68. The molecular weight excluding hydrogens is 390 g/mol. The molecule has 0 unspecified atom stereocenters. The molecule has 0 radical (unpaired) electrons. The Balaban J connectivity index is 1.68. The molecule has 1 heterocycles. The molecule has 1 aromatic heterocycles. The number of hydrogen-bond donors (Lipinski definition) is 1. The van der Waals surface area contributed by atoms with Crippen molar-refractivity contribution in [3.05, 3.63) is 53.1 Å². The van der Waals surface area contributed by atoms with Crippen LogP contribution in [0.3, 0.4) is 0 Å². The third-order valence-corrected chi connectivity index (χ3v) is 6.15. The van der Waals surface area contributed by atoms with Crippen molar-refractivity contribution in [1.29, 1.82) is 0 Å². The predicted octanol–water partition coefficient (Wildman–Crippen LogP) is 6.31. The standard InChI is InChI=1S/C25H31N3O3/c1-17-10-11-19(18(2)14-17)16-26-24-27-22-15-21(31-25(29)30-3)12-13-23(22)28(24)20-8-6-4-5-7-9-20/h10-15,20H,4-9,16H2,1-3H3,(H,26,27). The molecule has 2 aromatic carbocycles. The van der Waals surface area contributed by atoms with E-state index < -0.39 is 6.16 Å². The maximum absolute atomic E-state index is 11.5. The summed E-state index contributed by atoms with van der Waals surface area (Å²) in [5.74, 6) is 1.31. The maximum atomic E-state index is 11.5. The van der Waals surface area contributed by atoms with E-state index in [0.29, 0.717) is 18.3 Å². The molecule has 1 fully saturated rings. The van der Waals surface area contributed by atoms with Gasteiger partial charge in [-0.05, 0) is 49.9 Å². The summed E-state index contributed by atoms with van der Waals surface area (Å²) in [6.45, 7) is 4.98. The lowest BCUT2D eigenvalue weighted by Gasteiger charge is -2.21. The van der Waals surface area contributed by atoms with Crippen molar-refractivity contribution >= 4 is 23.1 Å². The van der Waals surface area contributed by atoms with E-state index >= 15 is 0 Å². The van der Waals surface area contributed by atoms with E-state index in [1.807, 2.05) is 18.2 Å². The average molecular weight is 422 g/mol. The van der Waals surface area contributed by atoms with Gasteiger partial charge >= 0.3 is 6.16 Å². The van der Waals surface area contributed by atoms with E-state index in [1.165, 1.54) is 49.5 Å². The molecule has 6 heteroatoms. The fourth-order valence-electron chi connectivity index (χ4n) is 4.51. The van der Waals surface area contributed by atoms with Crippen molar-refractivity contribution in [3.8, 4) is 5.75 Å². The highest BCUT2D eigenvalue weighted by Crippen LogP contribution is 2.35. The minimum absolute atomic E-state index is 0.418. The molecule has 0 saturated heterocycles. The number of hydrogen-bond acceptors (Lipinski definition) is 5. The van der Waals surface area contributed by atoms with Gasteiger partial charge in [0.25, 0.3) is 0 Å². The van der Waals surface area contributed by atoms with Crippen LogP contribution in [0, 0.1) is 13.8 Å². The summed E-state index contributed by atoms with van der Waals surface area (Å²) in [7, 11) is 1.30. The highest BCUT2D eigenvalue weighted by molar-refractivity contribution is 5.81. The van der Waals surface area contributed by atoms with Gasteiger partial charge in [-0.15, -0.1) is 0 Å². The van der Waals surface area contributed by atoms with Gasteiger partial charge < -0.3 is 19.4 Å². The van der Waals surface area contributed by atoms with Gasteiger partial charge in [-0.2, -0.15) is 0 Å². The van der Waals surface area contributed by atoms with Crippen molar-refractivity contribution < 1.29 is 14.3 Å². The van der Waals surface area contributed by atoms with Gasteiger partial charge in [0.1, 0.15) is 5.75 Å². The number of nitrogens with zero attached hydrogens (tertiary/aromatic N) is 2. The molecule has 0 aliphatic heterocycles. The molecule has 4 rings (SSSR count). The second-order valence-electron chi connectivity index (χ2n) is 8.44. The number of anilines is 1. The lowest BCUT2D eigenvalue weighted by atomic mass is 10.1. The zero-order valence-electron chi connectivity index (χ0n) is 18.6. The fourth-order valence-corrected chi connectivity index (χ4v) is 4.51. The summed E-state index contributed by atoms with van der Waals surface area (Å²) < 4.78 is 12.2. The van der Waals surface area contributed by atoms with Crippen LogP contribution >= 0.6 is 0 Å². The number of carbonyl (C=O) groups is 1. The molecule has 0 atom stereocenters. The summed E-state index contributed by atoms with van der Waals surface area (Å²) in [4.78, 5) is 16.4. The van der Waals surface area contributed by atoms with Gasteiger partial charge in [0.15, 0.2) is 0 Å². The van der Waals surface area contributed by atoms with Gasteiger partial charge in [0, 0.05) is 18.7 Å². The minimum Gasteiger partial charge on any atom is -0.437 e. The monoisotopic (exact) mass is 421 g/mol. The van der Waals surface area contributed by atoms with E-state index in [4.69, 9.17) is 9.72 Å². The van der Waals surface area contributed by atoms with Crippen LogP contribution in [0.2, 0.25) is 0 Å². The first-order chi connectivity index (χ1) is 15.0. The Morgan fingerprint density at radius 2 is 1.87 bits per heavy atom. The maximum Gasteiger partial charge on any atom is 0.513 e.